The maximum Gasteiger partial charge on any atom is 0.152 e. The third-order valence-electron chi connectivity index (χ3n) is 5.45. The molecule has 36 heavy (non-hydrogen) atoms. The van der Waals surface area contributed by atoms with Crippen LogP contribution in [0.3, 0.4) is 0 Å². The zero-order chi connectivity index (χ0) is 24.2. The highest BCUT2D eigenvalue weighted by Gasteiger charge is 2.12. The first-order valence-corrected chi connectivity index (χ1v) is 14.8. The van der Waals surface area contributed by atoms with E-state index in [0.29, 0.717) is 0 Å². The average molecular weight is 537 g/mol. The van der Waals surface area contributed by atoms with Crippen molar-refractivity contribution < 1.29 is 0 Å². The molecule has 0 fully saturated rings. The van der Waals surface area contributed by atoms with Crippen molar-refractivity contribution in [3.63, 3.8) is 0 Å². The Hall–Kier alpha value is -3.16. The lowest BCUT2D eigenvalue weighted by Gasteiger charge is -2.03. The van der Waals surface area contributed by atoms with Crippen molar-refractivity contribution in [2.45, 2.75) is 19.6 Å². The monoisotopic (exact) mass is 536 g/mol. The van der Waals surface area contributed by atoms with Crippen LogP contribution >= 0.6 is 46.2 Å². The van der Waals surface area contributed by atoms with Gasteiger partial charge in [0, 0.05) is 41.5 Å². The lowest BCUT2D eigenvalue weighted by molar-refractivity contribution is 1.33. The minimum Gasteiger partial charge on any atom is -0.233 e. The Bertz CT molecular complexity index is 1430. The molecule has 0 amide bonds. The predicted octanol–water partition coefficient (Wildman–Crippen LogP) is 9.90. The number of hydrogen-bond donors (Lipinski definition) is 0. The second-order valence-electron chi connectivity index (χ2n) is 7.95. The summed E-state index contributed by atoms with van der Waals surface area (Å²) in [6.07, 6.45) is 0. The van der Waals surface area contributed by atoms with Gasteiger partial charge in [0.25, 0.3) is 0 Å². The molecule has 0 aliphatic carbocycles. The summed E-state index contributed by atoms with van der Waals surface area (Å²) in [6.45, 7) is 0. The Balaban J connectivity index is 1.14. The summed E-state index contributed by atoms with van der Waals surface area (Å²) in [5.41, 5.74) is 4.23. The average Bonchev–Trinajstić information content (AvgIpc) is 3.61. The summed E-state index contributed by atoms with van der Waals surface area (Å²) in [5.74, 6) is 0. The third-order valence-corrected chi connectivity index (χ3v) is 9.31. The van der Waals surface area contributed by atoms with Gasteiger partial charge in [-0.1, -0.05) is 84.2 Å². The first-order chi connectivity index (χ1) is 17.8. The van der Waals surface area contributed by atoms with E-state index in [1.807, 2.05) is 12.1 Å². The Morgan fingerprint density at radius 1 is 0.417 bits per heavy atom. The highest BCUT2D eigenvalue weighted by molar-refractivity contribution is 7.99. The number of thiazole rings is 2. The standard InChI is InChI=1S/C30H20N2S4/c1-3-7-23(8-4-1)35-25-15-11-21(12-16-25)27-19-33-29(31-27)30-32-28(20-34-30)22-13-17-26(18-14-22)36-24-9-5-2-6-10-24/h1-20H. The van der Waals surface area contributed by atoms with Crippen molar-refractivity contribution in [3.8, 4) is 32.5 Å². The van der Waals surface area contributed by atoms with Crippen LogP contribution in [0.25, 0.3) is 32.5 Å². The molecule has 0 N–H and O–H groups in total. The van der Waals surface area contributed by atoms with Gasteiger partial charge >= 0.3 is 0 Å². The molecule has 2 nitrogen and oxygen atoms in total. The fraction of sp³-hybridized carbons (Fsp3) is 0. The van der Waals surface area contributed by atoms with Crippen LogP contribution in [0.4, 0.5) is 0 Å². The molecule has 0 unspecified atom stereocenters. The summed E-state index contributed by atoms with van der Waals surface area (Å²) < 4.78 is 0. The second kappa shape index (κ2) is 10.8. The van der Waals surface area contributed by atoms with Crippen molar-refractivity contribution in [1.29, 1.82) is 0 Å². The molecule has 0 saturated heterocycles. The van der Waals surface area contributed by atoms with E-state index in [-0.39, 0.29) is 0 Å². The van der Waals surface area contributed by atoms with Crippen molar-refractivity contribution >= 4 is 46.2 Å². The Morgan fingerprint density at radius 3 is 1.17 bits per heavy atom. The maximum atomic E-state index is 4.89. The van der Waals surface area contributed by atoms with E-state index in [9.17, 15) is 0 Å². The zero-order valence-corrected chi connectivity index (χ0v) is 22.3. The number of benzene rings is 4. The largest absolute Gasteiger partial charge is 0.233 e. The minimum atomic E-state index is 0.959. The minimum absolute atomic E-state index is 0.959. The van der Waals surface area contributed by atoms with E-state index in [1.54, 1.807) is 46.2 Å². The molecule has 0 aliphatic heterocycles. The van der Waals surface area contributed by atoms with Crippen LogP contribution in [0.15, 0.2) is 140 Å². The van der Waals surface area contributed by atoms with Gasteiger partial charge in [-0.05, 0) is 48.5 Å². The van der Waals surface area contributed by atoms with E-state index < -0.39 is 0 Å². The van der Waals surface area contributed by atoms with Crippen LogP contribution in [0.5, 0.6) is 0 Å². The van der Waals surface area contributed by atoms with Gasteiger partial charge in [0.1, 0.15) is 0 Å². The molecule has 174 valence electrons. The highest BCUT2D eigenvalue weighted by atomic mass is 32.2. The molecular weight excluding hydrogens is 517 g/mol. The number of nitrogens with zero attached hydrogens (tertiary/aromatic N) is 2. The van der Waals surface area contributed by atoms with Crippen LogP contribution in [0.2, 0.25) is 0 Å². The summed E-state index contributed by atoms with van der Waals surface area (Å²) in [6, 6.07) is 38.1. The molecule has 0 saturated carbocycles. The van der Waals surface area contributed by atoms with E-state index in [4.69, 9.17) is 9.97 Å². The van der Waals surface area contributed by atoms with Crippen LogP contribution in [-0.4, -0.2) is 9.97 Å². The molecule has 2 heterocycles. The van der Waals surface area contributed by atoms with Crippen LogP contribution in [0, 0.1) is 0 Å². The molecule has 0 aliphatic rings. The Labute approximate surface area is 227 Å². The summed E-state index contributed by atoms with van der Waals surface area (Å²) in [7, 11) is 0. The van der Waals surface area contributed by atoms with Gasteiger partial charge in [0.15, 0.2) is 10.0 Å². The van der Waals surface area contributed by atoms with Crippen molar-refractivity contribution in [2.24, 2.45) is 0 Å². The van der Waals surface area contributed by atoms with Gasteiger partial charge in [-0.3, -0.25) is 0 Å². The molecular formula is C30H20N2S4. The summed E-state index contributed by atoms with van der Waals surface area (Å²) >= 11 is 6.83. The summed E-state index contributed by atoms with van der Waals surface area (Å²) in [5, 5.41) is 6.15. The second-order valence-corrected chi connectivity index (χ2v) is 12.0. The lowest BCUT2D eigenvalue weighted by Crippen LogP contribution is -1.81. The van der Waals surface area contributed by atoms with Gasteiger partial charge in [-0.2, -0.15) is 0 Å². The maximum absolute atomic E-state index is 4.89. The van der Waals surface area contributed by atoms with E-state index in [1.165, 1.54) is 19.6 Å². The normalized spacial score (nSPS) is 11.0. The fourth-order valence-corrected chi connectivity index (χ4v) is 7.03. The van der Waals surface area contributed by atoms with E-state index in [2.05, 4.69) is 108 Å². The molecule has 6 heteroatoms. The number of aromatic nitrogens is 2. The van der Waals surface area contributed by atoms with Gasteiger partial charge in [0.05, 0.1) is 11.4 Å². The molecule has 0 bridgehead atoms. The van der Waals surface area contributed by atoms with Gasteiger partial charge < -0.3 is 0 Å². The van der Waals surface area contributed by atoms with E-state index in [0.717, 1.165) is 32.5 Å². The Morgan fingerprint density at radius 2 is 0.778 bits per heavy atom. The van der Waals surface area contributed by atoms with Crippen molar-refractivity contribution in [1.82, 2.24) is 9.97 Å². The SMILES string of the molecule is c1ccc(Sc2ccc(-c3csc(-c4nc(-c5ccc(Sc6ccccc6)cc5)cs4)n3)cc2)cc1. The van der Waals surface area contributed by atoms with Gasteiger partial charge in [0.2, 0.25) is 0 Å². The molecule has 4 aromatic carbocycles. The first kappa shape index (κ1) is 23.3. The number of rotatable bonds is 7. The quantitative estimate of drug-likeness (QED) is 0.203. The molecule has 0 spiro atoms. The Kier molecular flexibility index (Phi) is 7.01. The molecule has 0 radical (unpaired) electrons. The lowest BCUT2D eigenvalue weighted by atomic mass is 10.2. The fourth-order valence-electron chi connectivity index (χ4n) is 3.65. The first-order valence-electron chi connectivity index (χ1n) is 11.4. The van der Waals surface area contributed by atoms with E-state index >= 15 is 0 Å². The van der Waals surface area contributed by atoms with Crippen LogP contribution < -0.4 is 0 Å². The van der Waals surface area contributed by atoms with Gasteiger partial charge in [-0.25, -0.2) is 9.97 Å². The number of hydrogen-bond acceptors (Lipinski definition) is 6. The van der Waals surface area contributed by atoms with Crippen LogP contribution in [0.1, 0.15) is 0 Å². The molecule has 2 aromatic heterocycles. The third kappa shape index (κ3) is 5.47. The van der Waals surface area contributed by atoms with Crippen LogP contribution in [-0.2, 0) is 0 Å². The molecule has 0 atom stereocenters. The zero-order valence-electron chi connectivity index (χ0n) is 19.1. The van der Waals surface area contributed by atoms with Gasteiger partial charge in [-0.15, -0.1) is 22.7 Å². The van der Waals surface area contributed by atoms with Crippen molar-refractivity contribution in [3.05, 3.63) is 120 Å². The smallest absolute Gasteiger partial charge is 0.152 e. The highest BCUT2D eigenvalue weighted by Crippen LogP contribution is 2.35. The topological polar surface area (TPSA) is 25.8 Å². The molecule has 6 rings (SSSR count). The molecule has 6 aromatic rings. The van der Waals surface area contributed by atoms with Crippen molar-refractivity contribution in [2.75, 3.05) is 0 Å². The predicted molar refractivity (Wildman–Crippen MR) is 155 cm³/mol. The summed E-state index contributed by atoms with van der Waals surface area (Å²) in [4.78, 5) is 14.7.